The third kappa shape index (κ3) is 2.92. The lowest BCUT2D eigenvalue weighted by Crippen LogP contribution is -2.26. The summed E-state index contributed by atoms with van der Waals surface area (Å²) < 4.78 is 0. The monoisotopic (exact) mass is 249 g/mol. The molecular weight excluding hydrogens is 226 g/mol. The second kappa shape index (κ2) is 4.75. The highest BCUT2D eigenvalue weighted by Crippen LogP contribution is 2.42. The van der Waals surface area contributed by atoms with Crippen LogP contribution in [-0.4, -0.2) is 9.97 Å². The minimum Gasteiger partial charge on any atom is -0.383 e. The first-order valence-corrected chi connectivity index (χ1v) is 6.73. The molecule has 1 heterocycles. The fraction of sp³-hybridized carbons (Fsp3) is 0.714. The largest absolute Gasteiger partial charge is 0.383 e. The molecule has 100 valence electrons. The average molecular weight is 249 g/mol. The molecule has 1 aromatic rings. The van der Waals surface area contributed by atoms with E-state index in [0.29, 0.717) is 17.2 Å². The van der Waals surface area contributed by atoms with E-state index < -0.39 is 0 Å². The van der Waals surface area contributed by atoms with Gasteiger partial charge in [0, 0.05) is 12.0 Å². The summed E-state index contributed by atoms with van der Waals surface area (Å²) in [5, 5.41) is 0. The molecule has 3 N–H and O–H groups in total. The lowest BCUT2D eigenvalue weighted by molar-refractivity contribution is 0.167. The van der Waals surface area contributed by atoms with Gasteiger partial charge in [0.25, 0.3) is 5.56 Å². The van der Waals surface area contributed by atoms with E-state index in [4.69, 9.17) is 5.73 Å². The van der Waals surface area contributed by atoms with Crippen molar-refractivity contribution in [2.24, 2.45) is 11.3 Å². The number of nitrogens with two attached hydrogens (primary N) is 1. The summed E-state index contributed by atoms with van der Waals surface area (Å²) in [5.74, 6) is 2.22. The van der Waals surface area contributed by atoms with Crippen molar-refractivity contribution < 1.29 is 0 Å². The third-order valence-corrected chi connectivity index (χ3v) is 4.12. The molecule has 4 heteroatoms. The van der Waals surface area contributed by atoms with E-state index in [0.717, 1.165) is 24.6 Å². The lowest BCUT2D eigenvalue weighted by Gasteiger charge is -2.36. The minimum atomic E-state index is -0.143. The summed E-state index contributed by atoms with van der Waals surface area (Å²) in [6.45, 7) is 6.91. The smallest absolute Gasteiger partial charge is 0.252 e. The number of nitrogen functional groups attached to an aromatic ring is 1. The molecule has 0 unspecified atom stereocenters. The molecule has 1 aromatic heterocycles. The van der Waals surface area contributed by atoms with E-state index in [1.807, 2.05) is 0 Å². The number of hydrogen-bond donors (Lipinski definition) is 2. The first-order valence-electron chi connectivity index (χ1n) is 6.73. The van der Waals surface area contributed by atoms with Crippen LogP contribution in [0.1, 0.15) is 58.2 Å². The van der Waals surface area contributed by atoms with Gasteiger partial charge in [0.15, 0.2) is 0 Å². The van der Waals surface area contributed by atoms with Crippen LogP contribution in [0.15, 0.2) is 10.9 Å². The molecule has 1 saturated carbocycles. The van der Waals surface area contributed by atoms with Crippen molar-refractivity contribution in [3.05, 3.63) is 22.2 Å². The molecule has 0 aliphatic heterocycles. The zero-order chi connectivity index (χ0) is 13.3. The number of rotatable bonds is 1. The molecule has 0 radical (unpaired) electrons. The Labute approximate surface area is 108 Å². The Morgan fingerprint density at radius 1 is 1.28 bits per heavy atom. The number of hydrogen-bond acceptors (Lipinski definition) is 3. The van der Waals surface area contributed by atoms with Gasteiger partial charge >= 0.3 is 0 Å². The molecule has 1 aliphatic rings. The van der Waals surface area contributed by atoms with Gasteiger partial charge in [-0.3, -0.25) is 4.79 Å². The number of aromatic nitrogens is 2. The fourth-order valence-electron chi connectivity index (χ4n) is 2.92. The number of nitrogens with zero attached hydrogens (tertiary/aromatic N) is 1. The number of aromatic amines is 1. The van der Waals surface area contributed by atoms with Crippen molar-refractivity contribution in [1.82, 2.24) is 9.97 Å². The number of H-pyrrole nitrogens is 1. The molecule has 0 saturated heterocycles. The summed E-state index contributed by atoms with van der Waals surface area (Å²) in [6.07, 6.45) is 4.59. The molecule has 0 spiro atoms. The highest BCUT2D eigenvalue weighted by molar-refractivity contribution is 5.26. The second-order valence-corrected chi connectivity index (χ2v) is 6.47. The van der Waals surface area contributed by atoms with Gasteiger partial charge in [-0.05, 0) is 37.0 Å². The third-order valence-electron chi connectivity index (χ3n) is 4.12. The summed E-state index contributed by atoms with van der Waals surface area (Å²) >= 11 is 0. The second-order valence-electron chi connectivity index (χ2n) is 6.47. The van der Waals surface area contributed by atoms with Crippen LogP contribution >= 0.6 is 0 Å². The van der Waals surface area contributed by atoms with E-state index in [1.165, 1.54) is 18.9 Å². The van der Waals surface area contributed by atoms with Crippen molar-refractivity contribution in [2.45, 2.75) is 52.4 Å². The van der Waals surface area contributed by atoms with Crippen LogP contribution in [0.5, 0.6) is 0 Å². The molecule has 0 aromatic carbocycles. The van der Waals surface area contributed by atoms with Crippen molar-refractivity contribution in [3.63, 3.8) is 0 Å². The summed E-state index contributed by atoms with van der Waals surface area (Å²) in [5.41, 5.74) is 5.86. The van der Waals surface area contributed by atoms with Gasteiger partial charge in [-0.25, -0.2) is 4.98 Å². The van der Waals surface area contributed by atoms with Crippen LogP contribution < -0.4 is 11.3 Å². The molecule has 4 nitrogen and oxygen atoms in total. The SMILES string of the molecule is CC(C)(C)C1CCC(c2nc(N)cc(=O)[nH]2)CC1. The van der Waals surface area contributed by atoms with Crippen molar-refractivity contribution >= 4 is 5.82 Å². The Morgan fingerprint density at radius 3 is 2.39 bits per heavy atom. The van der Waals surface area contributed by atoms with Gasteiger partial charge < -0.3 is 10.7 Å². The lowest BCUT2D eigenvalue weighted by atomic mass is 9.70. The standard InChI is InChI=1S/C14H23N3O/c1-14(2,3)10-6-4-9(5-7-10)13-16-11(15)8-12(18)17-13/h8-10H,4-7H2,1-3H3,(H3,15,16,17,18). The highest BCUT2D eigenvalue weighted by Gasteiger charge is 2.31. The van der Waals surface area contributed by atoms with E-state index in [-0.39, 0.29) is 5.56 Å². The van der Waals surface area contributed by atoms with E-state index >= 15 is 0 Å². The molecule has 0 amide bonds. The average Bonchev–Trinajstić information content (AvgIpc) is 2.27. The van der Waals surface area contributed by atoms with Crippen LogP contribution in [0.2, 0.25) is 0 Å². The zero-order valence-corrected chi connectivity index (χ0v) is 11.5. The maximum Gasteiger partial charge on any atom is 0.252 e. The summed E-state index contributed by atoms with van der Waals surface area (Å²) in [4.78, 5) is 18.5. The van der Waals surface area contributed by atoms with Crippen molar-refractivity contribution in [2.75, 3.05) is 5.73 Å². The summed E-state index contributed by atoms with van der Waals surface area (Å²) in [6, 6.07) is 1.34. The van der Waals surface area contributed by atoms with Gasteiger partial charge in [-0.15, -0.1) is 0 Å². The quantitative estimate of drug-likeness (QED) is 0.803. The molecule has 1 fully saturated rings. The first kappa shape index (κ1) is 13.1. The van der Waals surface area contributed by atoms with Crippen LogP contribution in [0.4, 0.5) is 5.82 Å². The van der Waals surface area contributed by atoms with Crippen molar-refractivity contribution in [3.8, 4) is 0 Å². The van der Waals surface area contributed by atoms with Crippen LogP contribution in [0.3, 0.4) is 0 Å². The molecule has 0 atom stereocenters. The predicted octanol–water partition coefficient (Wildman–Crippen LogP) is 2.67. The highest BCUT2D eigenvalue weighted by atomic mass is 16.1. The zero-order valence-electron chi connectivity index (χ0n) is 11.5. The Bertz CT molecular complexity index is 465. The van der Waals surface area contributed by atoms with Gasteiger partial charge in [-0.2, -0.15) is 0 Å². The fourth-order valence-corrected chi connectivity index (χ4v) is 2.92. The van der Waals surface area contributed by atoms with Gasteiger partial charge in [0.2, 0.25) is 0 Å². The van der Waals surface area contributed by atoms with Crippen LogP contribution in [-0.2, 0) is 0 Å². The molecule has 1 aliphatic carbocycles. The normalized spacial score (nSPS) is 25.1. The van der Waals surface area contributed by atoms with Crippen molar-refractivity contribution in [1.29, 1.82) is 0 Å². The Balaban J connectivity index is 2.08. The molecule has 0 bridgehead atoms. The molecule has 2 rings (SSSR count). The van der Waals surface area contributed by atoms with E-state index in [9.17, 15) is 4.79 Å². The Morgan fingerprint density at radius 2 is 1.89 bits per heavy atom. The Kier molecular flexibility index (Phi) is 3.46. The predicted molar refractivity (Wildman–Crippen MR) is 73.4 cm³/mol. The maximum absolute atomic E-state index is 11.4. The Hall–Kier alpha value is -1.32. The first-order chi connectivity index (χ1) is 8.36. The number of nitrogens with one attached hydrogen (secondary N) is 1. The minimum absolute atomic E-state index is 0.143. The van der Waals surface area contributed by atoms with Gasteiger partial charge in [-0.1, -0.05) is 20.8 Å². The van der Waals surface area contributed by atoms with E-state index in [1.54, 1.807) is 0 Å². The van der Waals surface area contributed by atoms with E-state index in [2.05, 4.69) is 30.7 Å². The van der Waals surface area contributed by atoms with Gasteiger partial charge in [0.1, 0.15) is 11.6 Å². The molecular formula is C14H23N3O. The molecule has 18 heavy (non-hydrogen) atoms. The summed E-state index contributed by atoms with van der Waals surface area (Å²) in [7, 11) is 0. The maximum atomic E-state index is 11.4. The van der Waals surface area contributed by atoms with Gasteiger partial charge in [0.05, 0.1) is 0 Å². The topological polar surface area (TPSA) is 71.8 Å². The van der Waals surface area contributed by atoms with Crippen LogP contribution in [0, 0.1) is 11.3 Å². The number of anilines is 1. The van der Waals surface area contributed by atoms with Crippen LogP contribution in [0.25, 0.3) is 0 Å².